The zero-order valence-electron chi connectivity index (χ0n) is 25.4. The van der Waals surface area contributed by atoms with E-state index in [1.54, 1.807) is 0 Å². The highest BCUT2D eigenvalue weighted by molar-refractivity contribution is 6.99. The Labute approximate surface area is 257 Å². The van der Waals surface area contributed by atoms with E-state index >= 15 is 0 Å². The van der Waals surface area contributed by atoms with Crippen LogP contribution in [0.15, 0.2) is 72.4 Å². The molecule has 2 saturated heterocycles. The number of nitrogens with zero attached hydrogens (tertiary/aromatic N) is 1. The highest BCUT2D eigenvalue weighted by Crippen LogP contribution is 2.46. The van der Waals surface area contributed by atoms with E-state index in [9.17, 15) is 29.7 Å². The second-order valence-corrected chi connectivity index (χ2v) is 17.1. The summed E-state index contributed by atoms with van der Waals surface area (Å²) in [5.41, 5.74) is -1.66. The van der Waals surface area contributed by atoms with Gasteiger partial charge in [-0.05, 0) is 22.3 Å². The molecule has 3 aliphatic rings. The molecule has 44 heavy (non-hydrogen) atoms. The van der Waals surface area contributed by atoms with Gasteiger partial charge in [0.15, 0.2) is 11.9 Å². The summed E-state index contributed by atoms with van der Waals surface area (Å²) in [6, 6.07) is 18.8. The molecule has 2 fully saturated rings. The summed E-state index contributed by atoms with van der Waals surface area (Å²) in [4.78, 5) is 39.3. The third kappa shape index (κ3) is 5.09. The predicted octanol–water partition coefficient (Wildman–Crippen LogP) is 1.05. The molecule has 3 heterocycles. The molecule has 0 spiro atoms. The molecule has 0 bridgehead atoms. The quantitative estimate of drug-likeness (QED) is 0.182. The first kappa shape index (κ1) is 32.3. The number of carbonyl (C=O) groups is 3. The molecule has 236 valence electrons. The molecular weight excluding hydrogens is 584 g/mol. The Bertz CT molecular complexity index is 1380. The largest absolute Gasteiger partial charge is 0.432 e. The highest BCUT2D eigenvalue weighted by Gasteiger charge is 2.66. The normalized spacial score (nSPS) is 32.8. The van der Waals surface area contributed by atoms with Crippen molar-refractivity contribution in [2.75, 3.05) is 13.2 Å². The van der Waals surface area contributed by atoms with Crippen LogP contribution in [0.4, 0.5) is 4.79 Å². The molecule has 0 radical (unpaired) electrons. The number of benzene rings is 2. The molecule has 11 nitrogen and oxygen atoms in total. The SMILES string of the molecule is CC1=C[N+]([C@@H]2C[C@H](O[Si](c3ccccc3)(c3ccccc3)C(C)(C)C)[C@@](C=O)(CO)O2)([C@H]2C[C@H](O)[C@@H](CO)O2)C(=O)NC1=O. The van der Waals surface area contributed by atoms with E-state index in [-0.39, 0.29) is 18.4 Å². The number of aliphatic hydroxyl groups excluding tert-OH is 3. The smallest absolute Gasteiger partial charge is 0.401 e. The molecule has 4 N–H and O–H groups in total. The van der Waals surface area contributed by atoms with Crippen molar-refractivity contribution in [2.45, 2.75) is 81.9 Å². The Morgan fingerprint density at radius 3 is 2.09 bits per heavy atom. The van der Waals surface area contributed by atoms with Crippen molar-refractivity contribution < 1.29 is 48.1 Å². The lowest BCUT2D eigenvalue weighted by molar-refractivity contribution is -0.898. The number of aliphatic hydroxyl groups is 3. The van der Waals surface area contributed by atoms with Crippen LogP contribution in [-0.4, -0.2) is 95.9 Å². The molecule has 7 atom stereocenters. The topological polar surface area (TPSA) is 152 Å². The molecule has 2 aromatic rings. The standard InChI is InChI=1S/C32H40N2O9Si/c1-21-17-34(30(40)33-29(21)39,27-15-24(38)25(18-35)41-27)28-16-26(32(19-36,20-37)42-28)43-44(31(2,3)4,22-11-7-5-8-12-22)23-13-9-6-10-14-23/h5-14,17,19,24-28,35,37-38H,15-16,18,20H2,1-4H3/p+1/t24-,25+,26-,27+,28-,32+,34?/m0/s1. The van der Waals surface area contributed by atoms with Crippen LogP contribution in [0, 0.1) is 0 Å². The molecular formula is C32H41N2O9Si+. The fourth-order valence-electron chi connectivity index (χ4n) is 6.84. The van der Waals surface area contributed by atoms with Gasteiger partial charge in [-0.25, -0.2) is 10.1 Å². The fourth-order valence-corrected chi connectivity index (χ4v) is 11.6. The van der Waals surface area contributed by atoms with Crippen molar-refractivity contribution in [1.82, 2.24) is 5.32 Å². The van der Waals surface area contributed by atoms with Gasteiger partial charge in [-0.2, -0.15) is 4.48 Å². The lowest BCUT2D eigenvalue weighted by Crippen LogP contribution is -2.69. The first-order chi connectivity index (χ1) is 20.9. The van der Waals surface area contributed by atoms with Crippen molar-refractivity contribution in [3.05, 3.63) is 72.4 Å². The molecule has 0 aliphatic carbocycles. The average molecular weight is 626 g/mol. The molecule has 1 unspecified atom stereocenters. The van der Waals surface area contributed by atoms with E-state index in [0.717, 1.165) is 10.4 Å². The van der Waals surface area contributed by atoms with Gasteiger partial charge >= 0.3 is 6.03 Å². The van der Waals surface area contributed by atoms with E-state index in [1.165, 1.54) is 13.1 Å². The fraction of sp³-hybridized carbons (Fsp3) is 0.469. The van der Waals surface area contributed by atoms with Crippen LogP contribution in [0.2, 0.25) is 5.04 Å². The Morgan fingerprint density at radius 2 is 1.61 bits per heavy atom. The number of quaternary nitrogens is 1. The van der Waals surface area contributed by atoms with Crippen molar-refractivity contribution in [3.63, 3.8) is 0 Å². The zero-order chi connectivity index (χ0) is 31.9. The number of urea groups is 1. The number of imide groups is 1. The maximum Gasteiger partial charge on any atom is 0.432 e. The third-order valence-electron chi connectivity index (χ3n) is 9.17. The molecule has 0 saturated carbocycles. The van der Waals surface area contributed by atoms with Gasteiger partial charge in [-0.3, -0.25) is 9.59 Å². The van der Waals surface area contributed by atoms with Crippen molar-refractivity contribution in [3.8, 4) is 0 Å². The van der Waals surface area contributed by atoms with Crippen LogP contribution in [0.1, 0.15) is 40.5 Å². The van der Waals surface area contributed by atoms with Gasteiger partial charge < -0.3 is 29.2 Å². The van der Waals surface area contributed by atoms with Gasteiger partial charge in [0.1, 0.15) is 12.3 Å². The summed E-state index contributed by atoms with van der Waals surface area (Å²) < 4.78 is 18.9. The van der Waals surface area contributed by atoms with Crippen molar-refractivity contribution in [1.29, 1.82) is 0 Å². The minimum Gasteiger partial charge on any atom is -0.401 e. The van der Waals surface area contributed by atoms with Crippen LogP contribution < -0.4 is 15.7 Å². The van der Waals surface area contributed by atoms with E-state index < -0.39 is 79.4 Å². The first-order valence-corrected chi connectivity index (χ1v) is 16.7. The second kappa shape index (κ2) is 12.0. The van der Waals surface area contributed by atoms with Gasteiger partial charge in [0.05, 0.1) is 43.8 Å². The number of ether oxygens (including phenoxy) is 2. The monoisotopic (exact) mass is 625 g/mol. The van der Waals surface area contributed by atoms with Gasteiger partial charge in [0.25, 0.3) is 14.2 Å². The summed E-state index contributed by atoms with van der Waals surface area (Å²) in [5, 5.41) is 35.0. The Hall–Kier alpha value is -3.07. The van der Waals surface area contributed by atoms with Crippen LogP contribution in [0.3, 0.4) is 0 Å². The van der Waals surface area contributed by atoms with Gasteiger partial charge in [-0.15, -0.1) is 0 Å². The minimum atomic E-state index is -3.27. The van der Waals surface area contributed by atoms with Gasteiger partial charge in [0, 0.05) is 0 Å². The zero-order valence-corrected chi connectivity index (χ0v) is 26.4. The second-order valence-electron chi connectivity index (χ2n) is 12.8. The summed E-state index contributed by atoms with van der Waals surface area (Å²) >= 11 is 0. The summed E-state index contributed by atoms with van der Waals surface area (Å²) in [6.45, 7) is 6.57. The average Bonchev–Trinajstić information content (AvgIpc) is 3.58. The maximum atomic E-state index is 13.8. The van der Waals surface area contributed by atoms with Crippen LogP contribution in [0.25, 0.3) is 0 Å². The lowest BCUT2D eigenvalue weighted by atomic mass is 9.99. The van der Waals surface area contributed by atoms with E-state index in [4.69, 9.17) is 13.9 Å². The van der Waals surface area contributed by atoms with E-state index in [1.807, 2.05) is 60.7 Å². The lowest BCUT2D eigenvalue weighted by Gasteiger charge is -2.46. The Morgan fingerprint density at radius 1 is 1.02 bits per heavy atom. The van der Waals surface area contributed by atoms with Crippen LogP contribution in [0.5, 0.6) is 0 Å². The third-order valence-corrected chi connectivity index (χ3v) is 14.2. The van der Waals surface area contributed by atoms with Crippen LogP contribution in [-0.2, 0) is 23.5 Å². The minimum absolute atomic E-state index is 0.0328. The van der Waals surface area contributed by atoms with Crippen molar-refractivity contribution in [2.24, 2.45) is 0 Å². The number of nitrogens with one attached hydrogen (secondary N) is 1. The summed E-state index contributed by atoms with van der Waals surface area (Å²) in [7, 11) is -3.27. The number of aldehydes is 1. The summed E-state index contributed by atoms with van der Waals surface area (Å²) in [6.07, 6.45) is -3.43. The molecule has 3 aliphatic heterocycles. The number of rotatable bonds is 9. The number of hydrogen-bond donors (Lipinski definition) is 4. The maximum absolute atomic E-state index is 13.8. The van der Waals surface area contributed by atoms with Crippen LogP contribution >= 0.6 is 0 Å². The predicted molar refractivity (Wildman–Crippen MR) is 162 cm³/mol. The number of carbonyl (C=O) groups excluding carboxylic acids is 3. The Kier molecular flexibility index (Phi) is 8.84. The molecule has 2 aromatic carbocycles. The Balaban J connectivity index is 1.66. The van der Waals surface area contributed by atoms with Crippen molar-refractivity contribution >= 4 is 36.9 Å². The van der Waals surface area contributed by atoms with E-state index in [0.29, 0.717) is 6.29 Å². The number of amides is 3. The molecule has 3 amide bonds. The highest BCUT2D eigenvalue weighted by atomic mass is 28.4. The molecule has 12 heteroatoms. The molecule has 5 rings (SSSR count). The van der Waals surface area contributed by atoms with Gasteiger partial charge in [0.2, 0.25) is 12.5 Å². The van der Waals surface area contributed by atoms with E-state index in [2.05, 4.69) is 26.1 Å². The summed E-state index contributed by atoms with van der Waals surface area (Å²) in [5.74, 6) is -0.595. The van der Waals surface area contributed by atoms with Gasteiger partial charge in [-0.1, -0.05) is 81.4 Å². The molecule has 0 aromatic heterocycles. The first-order valence-electron chi connectivity index (χ1n) is 14.8. The number of hydrogen-bond acceptors (Lipinski definition) is 9.